The van der Waals surface area contributed by atoms with E-state index in [0.717, 1.165) is 5.56 Å². The highest BCUT2D eigenvalue weighted by atomic mass is 16.5. The van der Waals surface area contributed by atoms with Crippen LogP contribution in [0.15, 0.2) is 12.3 Å². The molecule has 15 heavy (non-hydrogen) atoms. The third kappa shape index (κ3) is 3.46. The lowest BCUT2D eigenvalue weighted by molar-refractivity contribution is -0.142. The van der Waals surface area contributed by atoms with Gasteiger partial charge in [0.2, 0.25) is 0 Å². The van der Waals surface area contributed by atoms with Crippen LogP contribution >= 0.6 is 0 Å². The fraction of sp³-hybridized carbons (Fsp3) is 0.400. The van der Waals surface area contributed by atoms with E-state index >= 15 is 0 Å². The fourth-order valence-corrected chi connectivity index (χ4v) is 1.15. The lowest BCUT2D eigenvalue weighted by Crippen LogP contribution is -2.01. The van der Waals surface area contributed by atoms with E-state index in [-0.39, 0.29) is 12.4 Å². The lowest BCUT2D eigenvalue weighted by Gasteiger charge is -1.96. The van der Waals surface area contributed by atoms with E-state index in [4.69, 9.17) is 10.5 Å². The summed E-state index contributed by atoms with van der Waals surface area (Å²) in [5, 5.41) is 3.97. The molecule has 0 aliphatic carbocycles. The third-order valence-electron chi connectivity index (χ3n) is 1.77. The zero-order valence-electron chi connectivity index (χ0n) is 8.93. The Hall–Kier alpha value is -1.78. The van der Waals surface area contributed by atoms with Crippen LogP contribution in [0.4, 0.5) is 5.82 Å². The average molecular weight is 209 g/mol. The van der Waals surface area contributed by atoms with Crippen molar-refractivity contribution < 1.29 is 9.53 Å². The predicted molar refractivity (Wildman–Crippen MR) is 57.9 cm³/mol. The van der Waals surface area contributed by atoms with E-state index < -0.39 is 0 Å². The number of nitrogen functional groups attached to an aromatic ring is 1. The Morgan fingerprint density at radius 3 is 3.00 bits per heavy atom. The van der Waals surface area contributed by atoms with Crippen LogP contribution in [0.25, 0.3) is 6.08 Å². The van der Waals surface area contributed by atoms with Gasteiger partial charge in [0.05, 0.1) is 13.0 Å². The largest absolute Gasteiger partial charge is 0.466 e. The number of carbonyl (C=O) groups excluding carboxylic acids is 1. The van der Waals surface area contributed by atoms with E-state index in [2.05, 4.69) is 5.10 Å². The van der Waals surface area contributed by atoms with Crippen LogP contribution in [0.2, 0.25) is 0 Å². The molecule has 5 heteroatoms. The van der Waals surface area contributed by atoms with Crippen LogP contribution in [0.1, 0.15) is 18.9 Å². The second-order valence-corrected chi connectivity index (χ2v) is 3.05. The molecule has 5 nitrogen and oxygen atoms in total. The van der Waals surface area contributed by atoms with Gasteiger partial charge in [-0.05, 0) is 6.92 Å². The molecule has 0 unspecified atom stereocenters. The van der Waals surface area contributed by atoms with Crippen LogP contribution in [0.5, 0.6) is 0 Å². The summed E-state index contributed by atoms with van der Waals surface area (Å²) in [6.45, 7) is 2.18. The summed E-state index contributed by atoms with van der Waals surface area (Å²) in [7, 11) is 1.79. The van der Waals surface area contributed by atoms with Gasteiger partial charge < -0.3 is 10.5 Å². The van der Waals surface area contributed by atoms with Crippen molar-refractivity contribution in [3.63, 3.8) is 0 Å². The number of aryl methyl sites for hydroxylation is 1. The van der Waals surface area contributed by atoms with Crippen LogP contribution < -0.4 is 5.73 Å². The molecule has 0 saturated carbocycles. The van der Waals surface area contributed by atoms with Crippen molar-refractivity contribution in [2.24, 2.45) is 7.05 Å². The average Bonchev–Trinajstić information content (AvgIpc) is 2.46. The molecule has 1 rings (SSSR count). The molecule has 0 spiro atoms. The predicted octanol–water partition coefficient (Wildman–Crippen LogP) is 0.969. The number of carbonyl (C=O) groups is 1. The highest BCUT2D eigenvalue weighted by Crippen LogP contribution is 2.10. The molecule has 0 aliphatic heterocycles. The number of nitrogens with two attached hydrogens (primary N) is 1. The summed E-state index contributed by atoms with van der Waals surface area (Å²) in [6.07, 6.45) is 5.52. The van der Waals surface area contributed by atoms with E-state index in [1.54, 1.807) is 37.0 Å². The lowest BCUT2D eigenvalue weighted by atomic mass is 10.2. The van der Waals surface area contributed by atoms with Crippen LogP contribution in [-0.4, -0.2) is 22.4 Å². The molecule has 0 aromatic carbocycles. The molecule has 0 amide bonds. The summed E-state index contributed by atoms with van der Waals surface area (Å²) in [5.41, 5.74) is 6.42. The standard InChI is InChI=1S/C10H15N3O2/c1-3-15-9(14)6-4-5-8-7-13(2)12-10(8)11/h4-5,7H,3,6H2,1-2H3,(H2,11,12). The number of nitrogens with zero attached hydrogens (tertiary/aromatic N) is 2. The van der Waals surface area contributed by atoms with Gasteiger partial charge in [0, 0.05) is 18.8 Å². The van der Waals surface area contributed by atoms with E-state index in [9.17, 15) is 4.79 Å². The molecule has 82 valence electrons. The first kappa shape index (κ1) is 11.3. The monoisotopic (exact) mass is 209 g/mol. The number of hydrogen-bond donors (Lipinski definition) is 1. The molecule has 1 aromatic rings. The van der Waals surface area contributed by atoms with Crippen molar-refractivity contribution >= 4 is 17.9 Å². The Balaban J connectivity index is 2.51. The van der Waals surface area contributed by atoms with Crippen LogP contribution in [-0.2, 0) is 16.6 Å². The van der Waals surface area contributed by atoms with Crippen molar-refractivity contribution in [2.75, 3.05) is 12.3 Å². The third-order valence-corrected chi connectivity index (χ3v) is 1.77. The SMILES string of the molecule is CCOC(=O)CC=Cc1cn(C)nc1N. The Labute approximate surface area is 88.5 Å². The van der Waals surface area contributed by atoms with Gasteiger partial charge in [-0.1, -0.05) is 12.2 Å². The Kier molecular flexibility index (Phi) is 3.91. The number of ether oxygens (including phenoxy) is 1. The Bertz CT molecular complexity index is 369. The zero-order chi connectivity index (χ0) is 11.3. The maximum absolute atomic E-state index is 11.0. The molecular formula is C10H15N3O2. The van der Waals surface area contributed by atoms with Gasteiger partial charge in [0.25, 0.3) is 0 Å². The van der Waals surface area contributed by atoms with Crippen molar-refractivity contribution in [2.45, 2.75) is 13.3 Å². The topological polar surface area (TPSA) is 70.1 Å². The van der Waals surface area contributed by atoms with Gasteiger partial charge in [0.1, 0.15) is 0 Å². The number of hydrogen-bond acceptors (Lipinski definition) is 4. The molecule has 0 saturated heterocycles. The van der Waals surface area contributed by atoms with Gasteiger partial charge in [-0.2, -0.15) is 5.10 Å². The summed E-state index contributed by atoms with van der Waals surface area (Å²) < 4.78 is 6.40. The summed E-state index contributed by atoms with van der Waals surface area (Å²) in [6, 6.07) is 0. The van der Waals surface area contributed by atoms with Gasteiger partial charge in [0.15, 0.2) is 5.82 Å². The van der Waals surface area contributed by atoms with E-state index in [1.807, 2.05) is 0 Å². The summed E-state index contributed by atoms with van der Waals surface area (Å²) in [5.74, 6) is 0.217. The van der Waals surface area contributed by atoms with Gasteiger partial charge in [-0.25, -0.2) is 0 Å². The minimum atomic E-state index is -0.240. The van der Waals surface area contributed by atoms with Crippen LogP contribution in [0, 0.1) is 0 Å². The number of esters is 1. The smallest absolute Gasteiger partial charge is 0.309 e. The minimum absolute atomic E-state index is 0.240. The fourth-order valence-electron chi connectivity index (χ4n) is 1.15. The molecular weight excluding hydrogens is 194 g/mol. The maximum Gasteiger partial charge on any atom is 0.309 e. The zero-order valence-corrected chi connectivity index (χ0v) is 8.93. The van der Waals surface area contributed by atoms with Crippen molar-refractivity contribution in [1.82, 2.24) is 9.78 Å². The molecule has 0 bridgehead atoms. The minimum Gasteiger partial charge on any atom is -0.466 e. The first-order valence-corrected chi connectivity index (χ1v) is 4.74. The van der Waals surface area contributed by atoms with Crippen molar-refractivity contribution in [3.8, 4) is 0 Å². The molecule has 2 N–H and O–H groups in total. The molecule has 1 heterocycles. The highest BCUT2D eigenvalue weighted by molar-refractivity contribution is 5.73. The number of rotatable bonds is 4. The summed E-state index contributed by atoms with van der Waals surface area (Å²) in [4.78, 5) is 11.0. The van der Waals surface area contributed by atoms with Crippen molar-refractivity contribution in [1.29, 1.82) is 0 Å². The van der Waals surface area contributed by atoms with Crippen molar-refractivity contribution in [3.05, 3.63) is 17.8 Å². The molecule has 0 aliphatic rings. The highest BCUT2D eigenvalue weighted by Gasteiger charge is 2.00. The van der Waals surface area contributed by atoms with E-state index in [1.165, 1.54) is 0 Å². The van der Waals surface area contributed by atoms with Crippen LogP contribution in [0.3, 0.4) is 0 Å². The van der Waals surface area contributed by atoms with Gasteiger partial charge in [-0.3, -0.25) is 9.48 Å². The Morgan fingerprint density at radius 1 is 1.73 bits per heavy atom. The first-order chi connectivity index (χ1) is 7.13. The molecule has 0 fully saturated rings. The number of anilines is 1. The first-order valence-electron chi connectivity index (χ1n) is 4.74. The number of aromatic nitrogens is 2. The maximum atomic E-state index is 11.0. The molecule has 1 aromatic heterocycles. The quantitative estimate of drug-likeness (QED) is 0.750. The Morgan fingerprint density at radius 2 is 2.47 bits per heavy atom. The van der Waals surface area contributed by atoms with Gasteiger partial charge >= 0.3 is 5.97 Å². The summed E-state index contributed by atoms with van der Waals surface area (Å²) >= 11 is 0. The second kappa shape index (κ2) is 5.19. The van der Waals surface area contributed by atoms with Gasteiger partial charge in [-0.15, -0.1) is 0 Å². The normalized spacial score (nSPS) is 10.8. The molecule has 0 radical (unpaired) electrons. The van der Waals surface area contributed by atoms with E-state index in [0.29, 0.717) is 12.4 Å². The molecule has 0 atom stereocenters. The second-order valence-electron chi connectivity index (χ2n) is 3.05.